The van der Waals surface area contributed by atoms with Crippen molar-refractivity contribution in [2.24, 2.45) is 0 Å². The van der Waals surface area contributed by atoms with Crippen molar-refractivity contribution in [1.29, 1.82) is 0 Å². The van der Waals surface area contributed by atoms with Crippen LogP contribution in [0.1, 0.15) is 15.9 Å². The normalized spacial score (nSPS) is 11.2. The second kappa shape index (κ2) is 13.0. The van der Waals surface area contributed by atoms with E-state index >= 15 is 0 Å². The molecule has 4 N–H and O–H groups in total. The summed E-state index contributed by atoms with van der Waals surface area (Å²) in [4.78, 5) is 42.7. The van der Waals surface area contributed by atoms with Crippen LogP contribution in [0.4, 0.5) is 11.4 Å². The van der Waals surface area contributed by atoms with Crippen LogP contribution >= 0.6 is 23.4 Å². The van der Waals surface area contributed by atoms with Gasteiger partial charge in [-0.1, -0.05) is 54.1 Å². The molecule has 0 aliphatic rings. The molecule has 0 atom stereocenters. The van der Waals surface area contributed by atoms with Crippen LogP contribution in [0.5, 0.6) is 0 Å². The summed E-state index contributed by atoms with van der Waals surface area (Å²) in [6.45, 7) is 0. The SMILES string of the molecule is O=C(CSc1cccc(NC(=O)/C(=C/c2cccc(Cl)c2)NC(=O)c2ccccc2)c1)Nc1ccc2cc[nH]c2c1. The first kappa shape index (κ1) is 27.8. The number of amides is 3. The van der Waals surface area contributed by atoms with E-state index in [0.717, 1.165) is 15.8 Å². The number of hydrogen-bond acceptors (Lipinski definition) is 4. The molecule has 9 heteroatoms. The van der Waals surface area contributed by atoms with Gasteiger partial charge >= 0.3 is 0 Å². The fourth-order valence-electron chi connectivity index (χ4n) is 4.04. The zero-order valence-corrected chi connectivity index (χ0v) is 23.3. The lowest BCUT2D eigenvalue weighted by Crippen LogP contribution is -2.30. The Bertz CT molecular complexity index is 1750. The molecule has 1 aromatic heterocycles. The highest BCUT2D eigenvalue weighted by atomic mass is 35.5. The monoisotopic (exact) mass is 580 g/mol. The van der Waals surface area contributed by atoms with E-state index in [1.54, 1.807) is 72.8 Å². The maximum atomic E-state index is 13.3. The number of carbonyl (C=O) groups is 3. The van der Waals surface area contributed by atoms with Crippen LogP contribution in [0, 0.1) is 0 Å². The predicted molar refractivity (Wildman–Crippen MR) is 166 cm³/mol. The first-order chi connectivity index (χ1) is 19.9. The molecule has 0 radical (unpaired) electrons. The van der Waals surface area contributed by atoms with Crippen molar-refractivity contribution in [3.05, 3.63) is 131 Å². The molecule has 1 heterocycles. The summed E-state index contributed by atoms with van der Waals surface area (Å²) in [6.07, 6.45) is 3.42. The second-order valence-electron chi connectivity index (χ2n) is 9.03. The zero-order chi connectivity index (χ0) is 28.6. The molecular weight excluding hydrogens is 556 g/mol. The van der Waals surface area contributed by atoms with Gasteiger partial charge in [0.25, 0.3) is 11.8 Å². The van der Waals surface area contributed by atoms with Gasteiger partial charge in [0.2, 0.25) is 5.91 Å². The minimum atomic E-state index is -0.506. The van der Waals surface area contributed by atoms with E-state index < -0.39 is 11.8 Å². The fourth-order valence-corrected chi connectivity index (χ4v) is 4.99. The quantitative estimate of drug-likeness (QED) is 0.112. The highest BCUT2D eigenvalue weighted by Gasteiger charge is 2.16. The standard InChI is InChI=1S/C32H25ClN4O3S/c33-24-9-4-6-21(16-24)17-29(37-31(39)23-7-2-1-3-8-23)32(40)36-25-10-5-11-27(18-25)41-20-30(38)35-26-13-12-22-14-15-34-28(22)19-26/h1-19,34H,20H2,(H,35,38)(H,36,40)(H,37,39)/b29-17-. The average molecular weight is 581 g/mol. The first-order valence-corrected chi connectivity index (χ1v) is 14.0. The third-order valence-corrected chi connectivity index (χ3v) is 7.22. The first-order valence-electron chi connectivity index (χ1n) is 12.7. The van der Waals surface area contributed by atoms with Gasteiger partial charge in [0, 0.05) is 38.6 Å². The minimum Gasteiger partial charge on any atom is -0.361 e. The number of anilines is 2. The molecule has 41 heavy (non-hydrogen) atoms. The van der Waals surface area contributed by atoms with E-state index in [9.17, 15) is 14.4 Å². The van der Waals surface area contributed by atoms with Gasteiger partial charge in [0.15, 0.2) is 0 Å². The Balaban J connectivity index is 1.25. The van der Waals surface area contributed by atoms with Crippen molar-refractivity contribution in [3.63, 3.8) is 0 Å². The summed E-state index contributed by atoms with van der Waals surface area (Å²) in [5, 5.41) is 10.0. The molecule has 0 bridgehead atoms. The third kappa shape index (κ3) is 7.66. The number of benzene rings is 4. The number of rotatable bonds is 9. The number of hydrogen-bond donors (Lipinski definition) is 4. The van der Waals surface area contributed by atoms with Gasteiger partial charge in [-0.15, -0.1) is 11.8 Å². The Hall–Kier alpha value is -4.79. The lowest BCUT2D eigenvalue weighted by Gasteiger charge is -2.12. The van der Waals surface area contributed by atoms with E-state index in [1.165, 1.54) is 11.8 Å². The lowest BCUT2D eigenvalue weighted by atomic mass is 10.1. The number of halogens is 1. The Labute approximate surface area is 246 Å². The molecule has 0 aliphatic heterocycles. The van der Waals surface area contributed by atoms with E-state index in [4.69, 9.17) is 11.6 Å². The number of thioether (sulfide) groups is 1. The number of nitrogens with one attached hydrogen (secondary N) is 4. The summed E-state index contributed by atoms with van der Waals surface area (Å²) in [5.74, 6) is -0.882. The van der Waals surface area contributed by atoms with Gasteiger partial charge in [-0.05, 0) is 77.7 Å². The van der Waals surface area contributed by atoms with Gasteiger partial charge < -0.3 is 20.9 Å². The Morgan fingerprint density at radius 2 is 1.61 bits per heavy atom. The number of aromatic amines is 1. The highest BCUT2D eigenvalue weighted by Crippen LogP contribution is 2.23. The van der Waals surface area contributed by atoms with Gasteiger partial charge in [-0.2, -0.15) is 0 Å². The van der Waals surface area contributed by atoms with Crippen molar-refractivity contribution >= 4 is 69.4 Å². The van der Waals surface area contributed by atoms with Gasteiger partial charge in [0.05, 0.1) is 5.75 Å². The molecule has 0 fully saturated rings. The molecule has 5 aromatic rings. The van der Waals surface area contributed by atoms with E-state index in [1.807, 2.05) is 42.6 Å². The van der Waals surface area contributed by atoms with Gasteiger partial charge in [-0.25, -0.2) is 0 Å². The molecule has 0 saturated carbocycles. The zero-order valence-electron chi connectivity index (χ0n) is 21.7. The van der Waals surface area contributed by atoms with Crippen LogP contribution in [-0.2, 0) is 9.59 Å². The summed E-state index contributed by atoms with van der Waals surface area (Å²) in [5.41, 5.74) is 3.30. The predicted octanol–water partition coefficient (Wildman–Crippen LogP) is 6.96. The molecule has 7 nitrogen and oxygen atoms in total. The topological polar surface area (TPSA) is 103 Å². The van der Waals surface area contributed by atoms with Crippen LogP contribution < -0.4 is 16.0 Å². The van der Waals surface area contributed by atoms with Crippen molar-refractivity contribution in [1.82, 2.24) is 10.3 Å². The second-order valence-corrected chi connectivity index (χ2v) is 10.5. The summed E-state index contributed by atoms with van der Waals surface area (Å²) >= 11 is 7.47. The van der Waals surface area contributed by atoms with Crippen molar-refractivity contribution in [2.45, 2.75) is 4.90 Å². The van der Waals surface area contributed by atoms with Crippen molar-refractivity contribution in [3.8, 4) is 0 Å². The van der Waals surface area contributed by atoms with Gasteiger partial charge in [0.1, 0.15) is 5.70 Å². The molecule has 4 aromatic carbocycles. The summed E-state index contributed by atoms with van der Waals surface area (Å²) < 4.78 is 0. The highest BCUT2D eigenvalue weighted by molar-refractivity contribution is 8.00. The van der Waals surface area contributed by atoms with E-state index in [2.05, 4.69) is 20.9 Å². The number of H-pyrrole nitrogens is 1. The van der Waals surface area contributed by atoms with Crippen LogP contribution in [0.15, 0.2) is 120 Å². The lowest BCUT2D eigenvalue weighted by molar-refractivity contribution is -0.114. The van der Waals surface area contributed by atoms with Crippen LogP contribution in [0.3, 0.4) is 0 Å². The molecule has 204 valence electrons. The average Bonchev–Trinajstić information content (AvgIpc) is 3.44. The summed E-state index contributed by atoms with van der Waals surface area (Å²) in [6, 6.07) is 30.4. The van der Waals surface area contributed by atoms with Crippen LogP contribution in [0.25, 0.3) is 17.0 Å². The maximum absolute atomic E-state index is 13.3. The van der Waals surface area contributed by atoms with E-state index in [0.29, 0.717) is 27.5 Å². The number of carbonyl (C=O) groups excluding carboxylic acids is 3. The molecule has 3 amide bonds. The Kier molecular flexibility index (Phi) is 8.83. The Morgan fingerprint density at radius 3 is 2.44 bits per heavy atom. The molecule has 0 unspecified atom stereocenters. The van der Waals surface area contributed by atoms with Gasteiger partial charge in [-0.3, -0.25) is 14.4 Å². The number of fused-ring (bicyclic) bond motifs is 1. The smallest absolute Gasteiger partial charge is 0.272 e. The molecule has 0 spiro atoms. The molecule has 5 rings (SSSR count). The molecular formula is C32H25ClN4O3S. The third-order valence-electron chi connectivity index (χ3n) is 5.99. The molecule has 0 saturated heterocycles. The minimum absolute atomic E-state index is 0.0533. The van der Waals surface area contributed by atoms with Crippen molar-refractivity contribution in [2.75, 3.05) is 16.4 Å². The van der Waals surface area contributed by atoms with E-state index in [-0.39, 0.29) is 17.4 Å². The number of aromatic nitrogens is 1. The summed E-state index contributed by atoms with van der Waals surface area (Å²) in [7, 11) is 0. The fraction of sp³-hybridized carbons (Fsp3) is 0.0312. The van der Waals surface area contributed by atoms with Crippen LogP contribution in [0.2, 0.25) is 5.02 Å². The Morgan fingerprint density at radius 1 is 0.805 bits per heavy atom. The maximum Gasteiger partial charge on any atom is 0.272 e. The van der Waals surface area contributed by atoms with Crippen molar-refractivity contribution < 1.29 is 14.4 Å². The van der Waals surface area contributed by atoms with Crippen LogP contribution in [-0.4, -0.2) is 28.5 Å². The largest absolute Gasteiger partial charge is 0.361 e. The molecule has 0 aliphatic carbocycles.